The van der Waals surface area contributed by atoms with Gasteiger partial charge < -0.3 is 19.5 Å². The van der Waals surface area contributed by atoms with Gasteiger partial charge in [0.1, 0.15) is 17.4 Å². The number of fused-ring (bicyclic) bond motifs is 1. The number of aliphatic hydroxyl groups excluding tert-OH is 1. The van der Waals surface area contributed by atoms with E-state index in [9.17, 15) is 10.2 Å². The van der Waals surface area contributed by atoms with Gasteiger partial charge in [-0.15, -0.1) is 0 Å². The molecule has 0 bridgehead atoms. The number of hydrogen-bond acceptors (Lipinski definition) is 4. The van der Waals surface area contributed by atoms with E-state index in [-0.39, 0.29) is 5.75 Å². The Hall–Kier alpha value is -2.30. The average molecular weight is 311 g/mol. The van der Waals surface area contributed by atoms with Crippen LogP contribution in [-0.2, 0) is 6.54 Å². The van der Waals surface area contributed by atoms with Crippen LogP contribution in [0.25, 0.3) is 11.0 Å². The minimum Gasteiger partial charge on any atom is -0.508 e. The van der Waals surface area contributed by atoms with E-state index in [0.29, 0.717) is 17.7 Å². The van der Waals surface area contributed by atoms with Crippen molar-refractivity contribution in [1.29, 1.82) is 0 Å². The van der Waals surface area contributed by atoms with Crippen molar-refractivity contribution in [3.05, 3.63) is 64.9 Å². The molecule has 1 aromatic heterocycles. The third kappa shape index (κ3) is 2.96. The highest BCUT2D eigenvalue weighted by Gasteiger charge is 2.21. The van der Waals surface area contributed by atoms with Crippen molar-refractivity contribution >= 4 is 11.0 Å². The van der Waals surface area contributed by atoms with Crippen molar-refractivity contribution in [2.24, 2.45) is 0 Å². The van der Waals surface area contributed by atoms with E-state index >= 15 is 0 Å². The molecule has 2 N–H and O–H groups in total. The molecule has 2 aromatic carbocycles. The van der Waals surface area contributed by atoms with Crippen LogP contribution in [0.2, 0.25) is 0 Å². The molecule has 0 saturated carbocycles. The summed E-state index contributed by atoms with van der Waals surface area (Å²) in [6, 6.07) is 11.1. The van der Waals surface area contributed by atoms with Gasteiger partial charge in [-0.3, -0.25) is 0 Å². The molecule has 0 spiro atoms. The number of nitrogens with zero attached hydrogens (tertiary/aromatic N) is 1. The second-order valence-corrected chi connectivity index (χ2v) is 6.18. The third-order valence-corrected chi connectivity index (χ3v) is 4.01. The van der Waals surface area contributed by atoms with E-state index in [2.05, 4.69) is 0 Å². The molecule has 0 aliphatic heterocycles. The lowest BCUT2D eigenvalue weighted by Crippen LogP contribution is -2.11. The molecule has 1 unspecified atom stereocenters. The van der Waals surface area contributed by atoms with Crippen molar-refractivity contribution in [3.8, 4) is 5.75 Å². The van der Waals surface area contributed by atoms with Crippen molar-refractivity contribution in [2.45, 2.75) is 19.6 Å². The Bertz CT molecular complexity index is 818. The van der Waals surface area contributed by atoms with Crippen molar-refractivity contribution in [3.63, 3.8) is 0 Å². The molecule has 4 heteroatoms. The summed E-state index contributed by atoms with van der Waals surface area (Å²) in [5.74, 6) is 0.213. The fourth-order valence-corrected chi connectivity index (χ4v) is 2.82. The van der Waals surface area contributed by atoms with Crippen LogP contribution in [0.5, 0.6) is 5.75 Å². The Balaban J connectivity index is 2.13. The zero-order chi connectivity index (χ0) is 16.6. The number of furan rings is 1. The van der Waals surface area contributed by atoms with Crippen LogP contribution in [0.3, 0.4) is 0 Å². The van der Waals surface area contributed by atoms with Crippen LogP contribution in [-0.4, -0.2) is 29.2 Å². The van der Waals surface area contributed by atoms with E-state index in [1.807, 2.05) is 50.2 Å². The van der Waals surface area contributed by atoms with E-state index in [0.717, 1.165) is 22.1 Å². The number of rotatable bonds is 4. The predicted molar refractivity (Wildman–Crippen MR) is 90.5 cm³/mol. The van der Waals surface area contributed by atoms with Gasteiger partial charge in [0.05, 0.1) is 6.26 Å². The Morgan fingerprint density at radius 3 is 2.43 bits per heavy atom. The lowest BCUT2D eigenvalue weighted by atomic mass is 9.97. The van der Waals surface area contributed by atoms with Crippen LogP contribution < -0.4 is 0 Å². The highest BCUT2D eigenvalue weighted by Crippen LogP contribution is 2.36. The Morgan fingerprint density at radius 1 is 1.09 bits per heavy atom. The second-order valence-electron chi connectivity index (χ2n) is 6.18. The maximum Gasteiger partial charge on any atom is 0.134 e. The van der Waals surface area contributed by atoms with E-state index in [4.69, 9.17) is 4.42 Å². The molecule has 1 atom stereocenters. The number of aromatic hydroxyl groups is 1. The topological polar surface area (TPSA) is 56.8 Å². The van der Waals surface area contributed by atoms with E-state index < -0.39 is 6.10 Å². The normalized spacial score (nSPS) is 12.9. The first-order chi connectivity index (χ1) is 11.0. The molecule has 3 aromatic rings. The zero-order valence-electron chi connectivity index (χ0n) is 13.6. The number of aliphatic hydroxyl groups is 1. The molecule has 0 amide bonds. The summed E-state index contributed by atoms with van der Waals surface area (Å²) < 4.78 is 5.60. The number of aryl methyl sites for hydroxylation is 1. The first-order valence-corrected chi connectivity index (χ1v) is 7.58. The first kappa shape index (κ1) is 15.6. The Kier molecular flexibility index (Phi) is 4.11. The molecular formula is C19H21NO3. The van der Waals surface area contributed by atoms with Gasteiger partial charge in [0, 0.05) is 23.1 Å². The lowest BCUT2D eigenvalue weighted by molar-refractivity contribution is 0.220. The lowest BCUT2D eigenvalue weighted by Gasteiger charge is -2.15. The summed E-state index contributed by atoms with van der Waals surface area (Å²) in [5, 5.41) is 21.8. The molecule has 4 nitrogen and oxygen atoms in total. The number of phenolic OH excluding ortho intramolecular Hbond substituents is 1. The molecule has 0 radical (unpaired) electrons. The maximum absolute atomic E-state index is 10.8. The highest BCUT2D eigenvalue weighted by atomic mass is 16.3. The number of benzene rings is 2. The average Bonchev–Trinajstić information content (AvgIpc) is 2.94. The predicted octanol–water partition coefficient (Wildman–Crippen LogP) is 3.59. The van der Waals surface area contributed by atoms with Crippen LogP contribution in [0, 0.1) is 6.92 Å². The largest absolute Gasteiger partial charge is 0.508 e. The fourth-order valence-electron chi connectivity index (χ4n) is 2.82. The molecule has 0 fully saturated rings. The summed E-state index contributed by atoms with van der Waals surface area (Å²) in [5.41, 5.74) is 4.06. The third-order valence-electron chi connectivity index (χ3n) is 4.01. The van der Waals surface area contributed by atoms with Crippen molar-refractivity contribution in [1.82, 2.24) is 4.90 Å². The molecular weight excluding hydrogens is 290 g/mol. The van der Waals surface area contributed by atoms with Crippen LogP contribution in [0.1, 0.15) is 28.4 Å². The summed E-state index contributed by atoms with van der Waals surface area (Å²) in [6.45, 7) is 2.58. The molecule has 1 heterocycles. The second kappa shape index (κ2) is 6.07. The van der Waals surface area contributed by atoms with Crippen LogP contribution >= 0.6 is 0 Å². The molecule has 0 aliphatic rings. The van der Waals surface area contributed by atoms with Gasteiger partial charge in [0.25, 0.3) is 0 Å². The first-order valence-electron chi connectivity index (χ1n) is 7.58. The SMILES string of the molecule is Cc1ccc(C(O)c2coc3ccc(O)c(CN(C)C)c23)cc1. The van der Waals surface area contributed by atoms with Crippen LogP contribution in [0.15, 0.2) is 47.1 Å². The molecule has 23 heavy (non-hydrogen) atoms. The Morgan fingerprint density at radius 2 is 1.78 bits per heavy atom. The molecule has 3 rings (SSSR count). The summed E-state index contributed by atoms with van der Waals surface area (Å²) in [4.78, 5) is 1.98. The Labute approximate surface area is 135 Å². The minimum atomic E-state index is -0.792. The van der Waals surface area contributed by atoms with Crippen molar-refractivity contribution < 1.29 is 14.6 Å². The van der Waals surface area contributed by atoms with Crippen molar-refractivity contribution in [2.75, 3.05) is 14.1 Å². The molecule has 120 valence electrons. The number of hydrogen-bond donors (Lipinski definition) is 2. The molecule has 0 aliphatic carbocycles. The van der Waals surface area contributed by atoms with Gasteiger partial charge in [0.2, 0.25) is 0 Å². The van der Waals surface area contributed by atoms with E-state index in [1.54, 1.807) is 18.4 Å². The quantitative estimate of drug-likeness (QED) is 0.773. The van der Waals surface area contributed by atoms with Gasteiger partial charge in [-0.05, 0) is 38.7 Å². The smallest absolute Gasteiger partial charge is 0.134 e. The summed E-state index contributed by atoms with van der Waals surface area (Å²) in [7, 11) is 3.88. The van der Waals surface area contributed by atoms with Crippen LogP contribution in [0.4, 0.5) is 0 Å². The molecule has 0 saturated heterocycles. The van der Waals surface area contributed by atoms with Gasteiger partial charge in [-0.1, -0.05) is 29.8 Å². The summed E-state index contributed by atoms with van der Waals surface area (Å²) in [6.07, 6.45) is 0.785. The summed E-state index contributed by atoms with van der Waals surface area (Å²) >= 11 is 0. The minimum absolute atomic E-state index is 0.213. The van der Waals surface area contributed by atoms with Gasteiger partial charge >= 0.3 is 0 Å². The highest BCUT2D eigenvalue weighted by molar-refractivity contribution is 5.87. The zero-order valence-corrected chi connectivity index (χ0v) is 13.6. The number of phenols is 1. The van der Waals surface area contributed by atoms with E-state index in [1.165, 1.54) is 0 Å². The fraction of sp³-hybridized carbons (Fsp3) is 0.263. The maximum atomic E-state index is 10.8. The monoisotopic (exact) mass is 311 g/mol. The van der Waals surface area contributed by atoms with Gasteiger partial charge in [0.15, 0.2) is 0 Å². The van der Waals surface area contributed by atoms with Gasteiger partial charge in [-0.25, -0.2) is 0 Å². The van der Waals surface area contributed by atoms with Gasteiger partial charge in [-0.2, -0.15) is 0 Å². The standard InChI is InChI=1S/C19H21NO3/c1-12-4-6-13(7-5-12)19(22)15-11-23-17-9-8-16(21)14(18(15)17)10-20(2)3/h4-9,11,19,21-22H,10H2,1-3H3.